The van der Waals surface area contributed by atoms with Crippen molar-refractivity contribution in [1.82, 2.24) is 0 Å². The van der Waals surface area contributed by atoms with E-state index in [1.165, 1.54) is 0 Å². The molecule has 0 N–H and O–H groups in total. The third-order valence-electron chi connectivity index (χ3n) is 0. The predicted molar refractivity (Wildman–Crippen MR) is 7.13 cm³/mol. The van der Waals surface area contributed by atoms with E-state index in [1.807, 2.05) is 0 Å². The molecular weight excluding hydrogens is 304 g/mol. The first kappa shape index (κ1) is 10.3. The van der Waals surface area contributed by atoms with E-state index in [4.69, 9.17) is 13.2 Å². The van der Waals surface area contributed by atoms with Gasteiger partial charge in [-0.05, 0) is 0 Å². The molecular formula is CdO4Te. The van der Waals surface area contributed by atoms with Crippen LogP contribution < -0.4 is 6.94 Å². The molecule has 0 fully saturated rings. The van der Waals surface area contributed by atoms with Gasteiger partial charge in [-0.1, -0.05) is 0 Å². The maximum Gasteiger partial charge on any atom is 2.00 e. The minimum absolute atomic E-state index is 0. The molecule has 0 saturated carbocycles. The van der Waals surface area contributed by atoms with E-state index in [2.05, 4.69) is 0 Å². The van der Waals surface area contributed by atoms with E-state index in [0.717, 1.165) is 0 Å². The fourth-order valence-electron chi connectivity index (χ4n) is 0. The fourth-order valence-corrected chi connectivity index (χ4v) is 0. The summed E-state index contributed by atoms with van der Waals surface area (Å²) in [5.74, 6) is 0. The Morgan fingerprint density at radius 2 is 1.17 bits per heavy atom. The van der Waals surface area contributed by atoms with Crippen LogP contribution in [0.1, 0.15) is 0 Å². The van der Waals surface area contributed by atoms with Gasteiger partial charge in [0.05, 0.1) is 0 Å². The van der Waals surface area contributed by atoms with E-state index in [9.17, 15) is 0 Å². The second-order valence-electron chi connectivity index (χ2n) is 0.408. The van der Waals surface area contributed by atoms with Crippen LogP contribution in [0.15, 0.2) is 0 Å². The van der Waals surface area contributed by atoms with Gasteiger partial charge in [-0.3, -0.25) is 0 Å². The quantitative estimate of drug-likeness (QED) is 0.447. The van der Waals surface area contributed by atoms with Crippen molar-refractivity contribution in [3.8, 4) is 0 Å². The van der Waals surface area contributed by atoms with Gasteiger partial charge in [-0.25, -0.2) is 0 Å². The summed E-state index contributed by atoms with van der Waals surface area (Å²) in [5.41, 5.74) is 0. The maximum atomic E-state index is 8.63. The van der Waals surface area contributed by atoms with E-state index in [1.54, 1.807) is 0 Å². The molecule has 0 aliphatic heterocycles. The molecule has 0 saturated heterocycles. The molecule has 0 aliphatic carbocycles. The van der Waals surface area contributed by atoms with Gasteiger partial charge in [0.1, 0.15) is 0 Å². The van der Waals surface area contributed by atoms with E-state index < -0.39 is 19.0 Å². The fraction of sp³-hybridized carbons (Fsp3) is 0. The molecule has 0 aliphatic rings. The van der Waals surface area contributed by atoms with Gasteiger partial charge in [0.15, 0.2) is 0 Å². The van der Waals surface area contributed by atoms with Gasteiger partial charge in [0, 0.05) is 0 Å². The number of hydrogen-bond donors (Lipinski definition) is 0. The summed E-state index contributed by atoms with van der Waals surface area (Å²) >= 11 is -6.02. The SMILES string of the molecule is O=[Te](=O)([O-])[O-].[Cd+2]. The monoisotopic (exact) mass is 308 g/mol. The van der Waals surface area contributed by atoms with Crippen LogP contribution in [0.2, 0.25) is 0 Å². The number of hydrogen-bond acceptors (Lipinski definition) is 4. The van der Waals surface area contributed by atoms with Gasteiger partial charge < -0.3 is 0 Å². The molecule has 0 aromatic carbocycles. The summed E-state index contributed by atoms with van der Waals surface area (Å²) in [5, 5.41) is 0. The largest absolute Gasteiger partial charge is 2.00 e. The van der Waals surface area contributed by atoms with Crippen molar-refractivity contribution in [2.24, 2.45) is 0 Å². The van der Waals surface area contributed by atoms with E-state index in [0.29, 0.717) is 0 Å². The molecule has 0 aromatic heterocycles. The van der Waals surface area contributed by atoms with Crippen LogP contribution in [0.5, 0.6) is 0 Å². The molecule has 0 bridgehead atoms. The standard InChI is InChI=1S/Cd.H2O4Te/c;1-5(2,3)4/h;(H2,1,2,3,4)/q+2;/p-2. The van der Waals surface area contributed by atoms with E-state index >= 15 is 0 Å². The summed E-state index contributed by atoms with van der Waals surface area (Å²) in [6.07, 6.45) is 0. The van der Waals surface area contributed by atoms with Crippen molar-refractivity contribution in [3.63, 3.8) is 0 Å². The molecule has 0 radical (unpaired) electrons. The average molecular weight is 304 g/mol. The predicted octanol–water partition coefficient (Wildman–Crippen LogP) is -3.00. The molecule has 0 rings (SSSR count). The van der Waals surface area contributed by atoms with Crippen molar-refractivity contribution in [1.29, 1.82) is 0 Å². The Labute approximate surface area is 59.0 Å². The summed E-state index contributed by atoms with van der Waals surface area (Å²) in [6.45, 7) is 0. The molecule has 0 unspecified atom stereocenters. The minimum atomic E-state index is -6.02. The molecule has 0 heterocycles. The number of rotatable bonds is 0. The zero-order valence-corrected chi connectivity index (χ0v) is 9.12. The molecule has 32 valence electrons. The summed E-state index contributed by atoms with van der Waals surface area (Å²) in [7, 11) is 0. The topological polar surface area (TPSA) is 80.3 Å². The normalized spacial score (nSPS) is 9.67. The van der Waals surface area contributed by atoms with Crippen LogP contribution in [0.4, 0.5) is 0 Å². The van der Waals surface area contributed by atoms with Crippen molar-refractivity contribution in [3.05, 3.63) is 0 Å². The maximum absolute atomic E-state index is 8.63. The molecule has 0 amide bonds. The molecule has 0 atom stereocenters. The van der Waals surface area contributed by atoms with Gasteiger partial charge in [-0.2, -0.15) is 0 Å². The van der Waals surface area contributed by atoms with Gasteiger partial charge in [0.2, 0.25) is 0 Å². The zero-order chi connectivity index (χ0) is 4.50. The average Bonchev–Trinajstić information content (AvgIpc) is 0.722. The third-order valence-corrected chi connectivity index (χ3v) is 0. The van der Waals surface area contributed by atoms with Gasteiger partial charge in [0.25, 0.3) is 0 Å². The zero-order valence-electron chi connectivity index (χ0n) is 2.75. The summed E-state index contributed by atoms with van der Waals surface area (Å²) in [6, 6.07) is 0. The van der Waals surface area contributed by atoms with Crippen molar-refractivity contribution < 1.29 is 40.4 Å². The molecule has 4 nitrogen and oxygen atoms in total. The Balaban J connectivity index is 0. The second-order valence-corrected chi connectivity index (χ2v) is 2.74. The first-order valence-corrected chi connectivity index (χ1v) is 4.47. The van der Waals surface area contributed by atoms with Crippen LogP contribution in [0, 0.1) is 0 Å². The third kappa shape index (κ3) is 61.8. The molecule has 6 heavy (non-hydrogen) atoms. The van der Waals surface area contributed by atoms with Crippen molar-refractivity contribution in [2.75, 3.05) is 0 Å². The van der Waals surface area contributed by atoms with Crippen molar-refractivity contribution in [2.45, 2.75) is 0 Å². The molecule has 0 aromatic rings. The Hall–Kier alpha value is 1.23. The van der Waals surface area contributed by atoms with Gasteiger partial charge in [-0.15, -0.1) is 0 Å². The minimum Gasteiger partial charge on any atom is 2.00 e. The molecule has 6 heteroatoms. The summed E-state index contributed by atoms with van der Waals surface area (Å²) < 4.78 is 34.5. The Morgan fingerprint density at radius 1 is 1.17 bits per heavy atom. The molecule has 0 spiro atoms. The van der Waals surface area contributed by atoms with Gasteiger partial charge >= 0.3 is 59.4 Å². The van der Waals surface area contributed by atoms with Crippen LogP contribution >= 0.6 is 0 Å². The van der Waals surface area contributed by atoms with Crippen molar-refractivity contribution >= 4 is 19.0 Å². The first-order chi connectivity index (χ1) is 2.00. The Morgan fingerprint density at radius 3 is 1.17 bits per heavy atom. The summed E-state index contributed by atoms with van der Waals surface area (Å²) in [4.78, 5) is 0. The van der Waals surface area contributed by atoms with Crippen LogP contribution in [-0.4, -0.2) is 19.0 Å². The first-order valence-electron chi connectivity index (χ1n) is 0.667. The second kappa shape index (κ2) is 3.26. The van der Waals surface area contributed by atoms with Crippen LogP contribution in [-0.2, 0) is 33.5 Å². The smallest absolute Gasteiger partial charge is 2.00 e. The Bertz CT molecular complexity index is 90.7. The van der Waals surface area contributed by atoms with Crippen LogP contribution in [0.25, 0.3) is 0 Å². The van der Waals surface area contributed by atoms with E-state index in [-0.39, 0.29) is 27.3 Å². The Kier molecular flexibility index (Phi) is 5.58. The van der Waals surface area contributed by atoms with Crippen LogP contribution in [0.3, 0.4) is 0 Å².